The number of pyridine rings is 2. The Hall–Kier alpha value is -1.44. The second kappa shape index (κ2) is 4.18. The zero-order chi connectivity index (χ0) is 9.80. The van der Waals surface area contributed by atoms with E-state index in [0.717, 1.165) is 12.1 Å². The first-order chi connectivity index (χ1) is 6.92. The number of rotatable bonds is 3. The number of hydrogen-bond donors (Lipinski definition) is 0. The molecule has 0 fully saturated rings. The van der Waals surface area contributed by atoms with Crippen LogP contribution in [0.4, 0.5) is 0 Å². The Morgan fingerprint density at radius 3 is 2.86 bits per heavy atom. The molecule has 0 saturated carbocycles. The fraction of sp³-hybridized carbons (Fsp3) is 0.333. The lowest BCUT2D eigenvalue weighted by molar-refractivity contribution is 0.798. The number of aryl methyl sites for hydroxylation is 1. The van der Waals surface area contributed by atoms with Gasteiger partial charge in [-0.1, -0.05) is 13.3 Å². The summed E-state index contributed by atoms with van der Waals surface area (Å²) in [6, 6.07) is 6.17. The first-order valence-electron chi connectivity index (χ1n) is 5.10. The van der Waals surface area contributed by atoms with Crippen LogP contribution in [0.15, 0.2) is 30.6 Å². The fourth-order valence-corrected chi connectivity index (χ4v) is 1.62. The Morgan fingerprint density at radius 2 is 2.00 bits per heavy atom. The molecule has 0 radical (unpaired) electrons. The van der Waals surface area contributed by atoms with E-state index in [-0.39, 0.29) is 0 Å². The van der Waals surface area contributed by atoms with Crippen LogP contribution in [-0.4, -0.2) is 9.97 Å². The molecule has 72 valence electrons. The highest BCUT2D eigenvalue weighted by Crippen LogP contribution is 2.15. The summed E-state index contributed by atoms with van der Waals surface area (Å²) in [6.45, 7) is 2.21. The second-order valence-corrected chi connectivity index (χ2v) is 3.45. The normalized spacial score (nSPS) is 10.6. The SMILES string of the molecule is CCCCc1ccnc2ncccc12. The summed E-state index contributed by atoms with van der Waals surface area (Å²) in [5.74, 6) is 0. The number of hydrogen-bond acceptors (Lipinski definition) is 2. The Kier molecular flexibility index (Phi) is 2.73. The van der Waals surface area contributed by atoms with Gasteiger partial charge in [0.15, 0.2) is 5.65 Å². The van der Waals surface area contributed by atoms with Crippen LogP contribution in [0.2, 0.25) is 0 Å². The monoisotopic (exact) mass is 186 g/mol. The molecule has 0 bridgehead atoms. The van der Waals surface area contributed by atoms with E-state index in [0.29, 0.717) is 0 Å². The van der Waals surface area contributed by atoms with Gasteiger partial charge >= 0.3 is 0 Å². The van der Waals surface area contributed by atoms with Crippen LogP contribution in [0, 0.1) is 0 Å². The first kappa shape index (κ1) is 9.13. The second-order valence-electron chi connectivity index (χ2n) is 3.45. The Balaban J connectivity index is 2.43. The molecule has 2 rings (SSSR count). The van der Waals surface area contributed by atoms with Crippen LogP contribution in [0.25, 0.3) is 11.0 Å². The number of nitrogens with zero attached hydrogens (tertiary/aromatic N) is 2. The van der Waals surface area contributed by atoms with Crippen molar-refractivity contribution in [1.29, 1.82) is 0 Å². The number of aromatic nitrogens is 2. The maximum atomic E-state index is 4.24. The fourth-order valence-electron chi connectivity index (χ4n) is 1.62. The molecule has 0 aromatic carbocycles. The minimum absolute atomic E-state index is 0.862. The van der Waals surface area contributed by atoms with Gasteiger partial charge in [0, 0.05) is 17.8 Å². The molecule has 0 aliphatic heterocycles. The lowest BCUT2D eigenvalue weighted by atomic mass is 10.1. The van der Waals surface area contributed by atoms with E-state index in [2.05, 4.69) is 29.0 Å². The van der Waals surface area contributed by atoms with Crippen LogP contribution < -0.4 is 0 Å². The molecule has 0 aliphatic carbocycles. The van der Waals surface area contributed by atoms with Crippen LogP contribution in [0.5, 0.6) is 0 Å². The first-order valence-corrected chi connectivity index (χ1v) is 5.10. The molecular weight excluding hydrogens is 172 g/mol. The van der Waals surface area contributed by atoms with Crippen molar-refractivity contribution in [2.45, 2.75) is 26.2 Å². The summed E-state index contributed by atoms with van der Waals surface area (Å²) in [5.41, 5.74) is 2.23. The van der Waals surface area contributed by atoms with E-state index in [1.807, 2.05) is 12.3 Å². The summed E-state index contributed by atoms with van der Waals surface area (Å²) >= 11 is 0. The molecular formula is C12H14N2. The third-order valence-electron chi connectivity index (χ3n) is 2.40. The molecule has 2 aromatic rings. The van der Waals surface area contributed by atoms with Crippen molar-refractivity contribution in [2.24, 2.45) is 0 Å². The van der Waals surface area contributed by atoms with E-state index in [4.69, 9.17) is 0 Å². The molecule has 2 heteroatoms. The van der Waals surface area contributed by atoms with Crippen molar-refractivity contribution in [3.8, 4) is 0 Å². The molecule has 14 heavy (non-hydrogen) atoms. The van der Waals surface area contributed by atoms with Crippen molar-refractivity contribution in [1.82, 2.24) is 9.97 Å². The minimum Gasteiger partial charge on any atom is -0.237 e. The van der Waals surface area contributed by atoms with E-state index >= 15 is 0 Å². The summed E-state index contributed by atoms with van der Waals surface area (Å²) in [4.78, 5) is 8.48. The highest BCUT2D eigenvalue weighted by molar-refractivity contribution is 5.78. The summed E-state index contributed by atoms with van der Waals surface area (Å²) < 4.78 is 0. The lowest BCUT2D eigenvalue weighted by Gasteiger charge is -2.03. The van der Waals surface area contributed by atoms with E-state index in [1.165, 1.54) is 23.8 Å². The molecule has 2 nitrogen and oxygen atoms in total. The van der Waals surface area contributed by atoms with Gasteiger partial charge in [-0.05, 0) is 36.6 Å². The quantitative estimate of drug-likeness (QED) is 0.736. The highest BCUT2D eigenvalue weighted by atomic mass is 14.8. The van der Waals surface area contributed by atoms with E-state index in [1.54, 1.807) is 6.20 Å². The van der Waals surface area contributed by atoms with Crippen LogP contribution >= 0.6 is 0 Å². The van der Waals surface area contributed by atoms with Gasteiger partial charge in [0.05, 0.1) is 0 Å². The van der Waals surface area contributed by atoms with E-state index in [9.17, 15) is 0 Å². The largest absolute Gasteiger partial charge is 0.237 e. The summed E-state index contributed by atoms with van der Waals surface area (Å²) in [5, 5.41) is 1.20. The molecule has 0 spiro atoms. The van der Waals surface area contributed by atoms with Gasteiger partial charge in [-0.25, -0.2) is 9.97 Å². The van der Waals surface area contributed by atoms with Gasteiger partial charge in [0.1, 0.15) is 0 Å². The van der Waals surface area contributed by atoms with E-state index < -0.39 is 0 Å². The molecule has 0 unspecified atom stereocenters. The van der Waals surface area contributed by atoms with Gasteiger partial charge in [-0.3, -0.25) is 0 Å². The van der Waals surface area contributed by atoms with Gasteiger partial charge in [0.2, 0.25) is 0 Å². The Morgan fingerprint density at radius 1 is 1.14 bits per heavy atom. The van der Waals surface area contributed by atoms with Gasteiger partial charge in [-0.2, -0.15) is 0 Å². The predicted molar refractivity (Wildman–Crippen MR) is 58.2 cm³/mol. The Labute approximate surface area is 84.0 Å². The average molecular weight is 186 g/mol. The molecule has 2 aromatic heterocycles. The highest BCUT2D eigenvalue weighted by Gasteiger charge is 2.00. The average Bonchev–Trinajstić information content (AvgIpc) is 2.26. The van der Waals surface area contributed by atoms with Crippen molar-refractivity contribution < 1.29 is 0 Å². The zero-order valence-electron chi connectivity index (χ0n) is 8.40. The maximum Gasteiger partial charge on any atom is 0.159 e. The Bertz CT molecular complexity index is 418. The summed E-state index contributed by atoms with van der Waals surface area (Å²) in [7, 11) is 0. The van der Waals surface area contributed by atoms with Gasteiger partial charge in [-0.15, -0.1) is 0 Å². The molecule has 2 heterocycles. The smallest absolute Gasteiger partial charge is 0.159 e. The van der Waals surface area contributed by atoms with Crippen LogP contribution in [0.3, 0.4) is 0 Å². The molecule has 0 aliphatic rings. The summed E-state index contributed by atoms with van der Waals surface area (Å²) in [6.07, 6.45) is 7.22. The predicted octanol–water partition coefficient (Wildman–Crippen LogP) is 2.97. The molecule has 0 saturated heterocycles. The molecule has 0 amide bonds. The topological polar surface area (TPSA) is 25.8 Å². The molecule has 0 N–H and O–H groups in total. The lowest BCUT2D eigenvalue weighted by Crippen LogP contribution is -1.90. The third kappa shape index (κ3) is 1.74. The van der Waals surface area contributed by atoms with Crippen LogP contribution in [-0.2, 0) is 6.42 Å². The third-order valence-corrected chi connectivity index (χ3v) is 2.40. The zero-order valence-corrected chi connectivity index (χ0v) is 8.40. The van der Waals surface area contributed by atoms with Crippen LogP contribution in [0.1, 0.15) is 25.3 Å². The number of fused-ring (bicyclic) bond motifs is 1. The molecule has 0 atom stereocenters. The maximum absolute atomic E-state index is 4.24. The van der Waals surface area contributed by atoms with Crippen molar-refractivity contribution >= 4 is 11.0 Å². The van der Waals surface area contributed by atoms with Gasteiger partial charge in [0.25, 0.3) is 0 Å². The standard InChI is InChI=1S/C12H14N2/c1-2-3-5-10-7-9-14-12-11(10)6-4-8-13-12/h4,6-9H,2-3,5H2,1H3. The van der Waals surface area contributed by atoms with Gasteiger partial charge < -0.3 is 0 Å². The van der Waals surface area contributed by atoms with Crippen molar-refractivity contribution in [3.05, 3.63) is 36.2 Å². The number of unbranched alkanes of at least 4 members (excludes halogenated alkanes) is 1. The minimum atomic E-state index is 0.862. The van der Waals surface area contributed by atoms with Crippen molar-refractivity contribution in [3.63, 3.8) is 0 Å². The van der Waals surface area contributed by atoms with Crippen molar-refractivity contribution in [2.75, 3.05) is 0 Å².